The highest BCUT2D eigenvalue weighted by Gasteiger charge is 2.48. The highest BCUT2D eigenvalue weighted by atomic mass is 16.6. The van der Waals surface area contributed by atoms with Gasteiger partial charge in [-0.1, -0.05) is 54.6 Å². The Bertz CT molecular complexity index is 1670. The molecule has 1 aliphatic heterocycles. The standard InChI is InChI=1S/C34H37N5O7/c1-41-17-18-44-30-29(40)27(46-33(30)39-21-38-28-31(35)36-20-37-32(28)39)19-45-34(22-7-5-4-6-8-22,23-9-13-25(42-2)14-10-23)24-11-15-26(43-3)16-12-24/h4-16,20-21,27,29-30,33,40H,17-19H2,1-3H3,(H2,35,36,37)/t27-,29+,30-,33+/m1/s1. The summed E-state index contributed by atoms with van der Waals surface area (Å²) >= 11 is 0. The van der Waals surface area contributed by atoms with Crippen LogP contribution in [-0.4, -0.2) is 84.1 Å². The van der Waals surface area contributed by atoms with E-state index in [4.69, 9.17) is 34.2 Å². The number of nitrogens with two attached hydrogens (primary N) is 1. The SMILES string of the molecule is COCCO[C@@H]1[C@@H](O)[C@@H](COC(c2ccccc2)(c2ccc(OC)cc2)c2ccc(OC)cc2)O[C@@H]1n1cnc2c(N)ncnc21. The Hall–Kier alpha value is -4.59. The number of anilines is 1. The van der Waals surface area contributed by atoms with Gasteiger partial charge in [-0.2, -0.15) is 0 Å². The van der Waals surface area contributed by atoms with E-state index in [1.165, 1.54) is 6.33 Å². The fourth-order valence-electron chi connectivity index (χ4n) is 5.87. The molecule has 240 valence electrons. The number of imidazole rings is 1. The first-order valence-corrected chi connectivity index (χ1v) is 14.9. The van der Waals surface area contributed by atoms with Crippen molar-refractivity contribution >= 4 is 17.0 Å². The number of rotatable bonds is 13. The van der Waals surface area contributed by atoms with Gasteiger partial charge in [-0.3, -0.25) is 4.57 Å². The molecule has 0 radical (unpaired) electrons. The fourth-order valence-corrected chi connectivity index (χ4v) is 5.87. The molecule has 46 heavy (non-hydrogen) atoms. The minimum absolute atomic E-state index is 0.00148. The lowest BCUT2D eigenvalue weighted by Crippen LogP contribution is -2.40. The number of nitrogens with zero attached hydrogens (tertiary/aromatic N) is 4. The summed E-state index contributed by atoms with van der Waals surface area (Å²) in [4.78, 5) is 12.8. The summed E-state index contributed by atoms with van der Waals surface area (Å²) in [6.07, 6.45) is -0.516. The number of aliphatic hydroxyl groups excluding tert-OH is 1. The normalized spacial score (nSPS) is 19.8. The Morgan fingerprint density at radius 1 is 0.826 bits per heavy atom. The Balaban J connectivity index is 1.40. The van der Waals surface area contributed by atoms with Gasteiger partial charge in [0, 0.05) is 7.11 Å². The molecule has 2 aromatic heterocycles. The molecule has 1 fully saturated rings. The number of fused-ring (bicyclic) bond motifs is 1. The molecule has 3 heterocycles. The van der Waals surface area contributed by atoms with Gasteiger partial charge in [0.15, 0.2) is 17.7 Å². The van der Waals surface area contributed by atoms with E-state index in [2.05, 4.69) is 15.0 Å². The number of aromatic nitrogens is 4. The number of hydrogen-bond donors (Lipinski definition) is 2. The zero-order valence-electron chi connectivity index (χ0n) is 25.9. The van der Waals surface area contributed by atoms with E-state index in [0.29, 0.717) is 29.3 Å². The van der Waals surface area contributed by atoms with Crippen LogP contribution in [0.15, 0.2) is 91.5 Å². The maximum Gasteiger partial charge on any atom is 0.167 e. The van der Waals surface area contributed by atoms with Gasteiger partial charge in [0.05, 0.1) is 40.4 Å². The average molecular weight is 628 g/mol. The maximum absolute atomic E-state index is 11.7. The Morgan fingerprint density at radius 2 is 1.46 bits per heavy atom. The first-order valence-electron chi connectivity index (χ1n) is 14.9. The van der Waals surface area contributed by atoms with Crippen molar-refractivity contribution in [2.45, 2.75) is 30.1 Å². The molecule has 0 bridgehead atoms. The fraction of sp³-hybridized carbons (Fsp3) is 0.324. The largest absolute Gasteiger partial charge is 0.497 e. The van der Waals surface area contributed by atoms with Crippen LogP contribution in [0.4, 0.5) is 5.82 Å². The van der Waals surface area contributed by atoms with Crippen molar-refractivity contribution in [2.24, 2.45) is 0 Å². The summed E-state index contributed by atoms with van der Waals surface area (Å²) in [5, 5.41) is 11.7. The molecule has 0 spiro atoms. The van der Waals surface area contributed by atoms with E-state index in [1.54, 1.807) is 32.2 Å². The highest BCUT2D eigenvalue weighted by molar-refractivity contribution is 5.81. The number of methoxy groups -OCH3 is 3. The van der Waals surface area contributed by atoms with E-state index >= 15 is 0 Å². The van der Waals surface area contributed by atoms with E-state index in [9.17, 15) is 5.11 Å². The third kappa shape index (κ3) is 5.88. The van der Waals surface area contributed by atoms with Crippen molar-refractivity contribution in [3.63, 3.8) is 0 Å². The van der Waals surface area contributed by atoms with Gasteiger partial charge < -0.3 is 39.3 Å². The molecule has 4 atom stereocenters. The van der Waals surface area contributed by atoms with E-state index in [-0.39, 0.29) is 19.0 Å². The van der Waals surface area contributed by atoms with Crippen molar-refractivity contribution in [3.8, 4) is 11.5 Å². The minimum Gasteiger partial charge on any atom is -0.497 e. The lowest BCUT2D eigenvalue weighted by molar-refractivity contribution is -0.0970. The zero-order chi connectivity index (χ0) is 32.1. The van der Waals surface area contributed by atoms with Gasteiger partial charge >= 0.3 is 0 Å². The predicted octanol–water partition coefficient (Wildman–Crippen LogP) is 3.72. The zero-order valence-corrected chi connectivity index (χ0v) is 25.9. The quantitative estimate of drug-likeness (QED) is 0.146. The molecule has 12 nitrogen and oxygen atoms in total. The first-order chi connectivity index (χ1) is 22.5. The molecule has 1 aliphatic rings. The van der Waals surface area contributed by atoms with Crippen LogP contribution in [0.3, 0.4) is 0 Å². The van der Waals surface area contributed by atoms with Crippen molar-refractivity contribution in [1.29, 1.82) is 0 Å². The van der Waals surface area contributed by atoms with Crippen molar-refractivity contribution in [1.82, 2.24) is 19.5 Å². The van der Waals surface area contributed by atoms with Crippen LogP contribution < -0.4 is 15.2 Å². The number of hydrogen-bond acceptors (Lipinski definition) is 11. The molecule has 0 amide bonds. The second-order valence-electron chi connectivity index (χ2n) is 10.8. The lowest BCUT2D eigenvalue weighted by atomic mass is 9.80. The van der Waals surface area contributed by atoms with Crippen LogP contribution in [0.25, 0.3) is 11.2 Å². The summed E-state index contributed by atoms with van der Waals surface area (Å²) in [6, 6.07) is 25.4. The monoisotopic (exact) mass is 627 g/mol. The summed E-state index contributed by atoms with van der Waals surface area (Å²) < 4.78 is 37.5. The molecule has 1 saturated heterocycles. The minimum atomic E-state index is -1.10. The molecular formula is C34H37N5O7. The Morgan fingerprint density at radius 3 is 2.07 bits per heavy atom. The van der Waals surface area contributed by atoms with Crippen LogP contribution >= 0.6 is 0 Å². The van der Waals surface area contributed by atoms with Gasteiger partial charge in [-0.05, 0) is 41.0 Å². The molecule has 3 aromatic carbocycles. The third-order valence-electron chi connectivity index (χ3n) is 8.21. The molecule has 5 aromatic rings. The van der Waals surface area contributed by atoms with Gasteiger partial charge in [0.1, 0.15) is 47.3 Å². The molecule has 0 aliphatic carbocycles. The van der Waals surface area contributed by atoms with Gasteiger partial charge in [-0.25, -0.2) is 15.0 Å². The number of aliphatic hydroxyl groups is 1. The molecule has 6 rings (SSSR count). The molecule has 3 N–H and O–H groups in total. The van der Waals surface area contributed by atoms with E-state index in [1.807, 2.05) is 78.9 Å². The Kier molecular flexibility index (Phi) is 9.43. The maximum atomic E-state index is 11.7. The third-order valence-corrected chi connectivity index (χ3v) is 8.21. The van der Waals surface area contributed by atoms with E-state index < -0.39 is 30.1 Å². The topological polar surface area (TPSA) is 145 Å². The number of ether oxygens (including phenoxy) is 6. The number of nitrogen functional groups attached to an aromatic ring is 1. The molecule has 0 saturated carbocycles. The molecule has 0 unspecified atom stereocenters. The number of benzene rings is 3. The molecule has 12 heteroatoms. The van der Waals surface area contributed by atoms with Gasteiger partial charge in [0.25, 0.3) is 0 Å². The summed E-state index contributed by atoms with van der Waals surface area (Å²) in [6.45, 7) is 0.572. The predicted molar refractivity (Wildman–Crippen MR) is 170 cm³/mol. The van der Waals surface area contributed by atoms with Gasteiger partial charge in [-0.15, -0.1) is 0 Å². The van der Waals surface area contributed by atoms with E-state index in [0.717, 1.165) is 16.7 Å². The first kappa shape index (κ1) is 31.4. The van der Waals surface area contributed by atoms with Crippen LogP contribution in [0.1, 0.15) is 22.9 Å². The molecular weight excluding hydrogens is 590 g/mol. The summed E-state index contributed by atoms with van der Waals surface area (Å²) in [5.74, 6) is 1.67. The lowest BCUT2D eigenvalue weighted by Gasteiger charge is -2.37. The summed E-state index contributed by atoms with van der Waals surface area (Å²) in [7, 11) is 4.84. The van der Waals surface area contributed by atoms with Crippen molar-refractivity contribution in [2.75, 3.05) is 46.9 Å². The second kappa shape index (κ2) is 13.8. The second-order valence-corrected chi connectivity index (χ2v) is 10.8. The highest BCUT2D eigenvalue weighted by Crippen LogP contribution is 2.43. The van der Waals surface area contributed by atoms with Crippen LogP contribution in [0.5, 0.6) is 11.5 Å². The summed E-state index contributed by atoms with van der Waals surface area (Å²) in [5.41, 5.74) is 8.44. The van der Waals surface area contributed by atoms with Gasteiger partial charge in [0.2, 0.25) is 0 Å². The van der Waals surface area contributed by atoms with Crippen molar-refractivity contribution < 1.29 is 33.5 Å². The van der Waals surface area contributed by atoms with Crippen LogP contribution in [-0.2, 0) is 24.5 Å². The van der Waals surface area contributed by atoms with Crippen LogP contribution in [0.2, 0.25) is 0 Å². The average Bonchev–Trinajstić information content (AvgIpc) is 3.67. The smallest absolute Gasteiger partial charge is 0.167 e. The Labute approximate surface area is 266 Å². The van der Waals surface area contributed by atoms with Crippen molar-refractivity contribution in [3.05, 3.63) is 108 Å². The van der Waals surface area contributed by atoms with Crippen LogP contribution in [0, 0.1) is 0 Å².